The van der Waals surface area contributed by atoms with Gasteiger partial charge in [-0.3, -0.25) is 0 Å². The van der Waals surface area contributed by atoms with Gasteiger partial charge in [0.2, 0.25) is 0 Å². The Kier molecular flexibility index (Phi) is 9.08. The fraction of sp³-hybridized carbons (Fsp3) is 0.333. The summed E-state index contributed by atoms with van der Waals surface area (Å²) in [5, 5.41) is 12.0. The third-order valence-corrected chi connectivity index (χ3v) is 4.35. The van der Waals surface area contributed by atoms with E-state index in [1.165, 1.54) is 0 Å². The monoisotopic (exact) mass is 467 g/mol. The summed E-state index contributed by atoms with van der Waals surface area (Å²) in [7, 11) is 0. The molecule has 0 spiro atoms. The predicted octanol–water partition coefficient (Wildman–Crippen LogP) is 4.45. The summed E-state index contributed by atoms with van der Waals surface area (Å²) in [6.45, 7) is 5.12. The van der Waals surface area contributed by atoms with E-state index in [0.717, 1.165) is 0 Å². The van der Waals surface area contributed by atoms with Crippen LogP contribution in [0.4, 0.5) is 9.59 Å². The van der Waals surface area contributed by atoms with Gasteiger partial charge >= 0.3 is 18.3 Å². The van der Waals surface area contributed by atoms with Crippen molar-refractivity contribution in [1.29, 1.82) is 0 Å². The van der Waals surface area contributed by atoms with E-state index in [1.54, 1.807) is 45.0 Å². The molecule has 2 aliphatic carbocycles. The molecule has 0 saturated heterocycles. The molecule has 11 heteroatoms. The lowest BCUT2D eigenvalue weighted by Crippen LogP contribution is -2.19. The van der Waals surface area contributed by atoms with Gasteiger partial charge in [0.25, 0.3) is 0 Å². The molecule has 0 unspecified atom stereocenters. The minimum absolute atomic E-state index is 0.0531. The van der Waals surface area contributed by atoms with E-state index in [2.05, 4.69) is 5.16 Å². The summed E-state index contributed by atoms with van der Waals surface area (Å²) in [6.07, 6.45) is -2.04. The number of nitrogens with zero attached hydrogens (tertiary/aromatic N) is 1. The van der Waals surface area contributed by atoms with Gasteiger partial charge in [-0.1, -0.05) is 41.0 Å². The molecule has 0 aromatic rings. The van der Waals surface area contributed by atoms with Crippen molar-refractivity contribution in [1.82, 2.24) is 0 Å². The predicted molar refractivity (Wildman–Crippen MR) is 113 cm³/mol. The van der Waals surface area contributed by atoms with E-state index >= 15 is 0 Å². The lowest BCUT2D eigenvalue weighted by Gasteiger charge is -2.05. The number of rotatable bonds is 8. The highest BCUT2D eigenvalue weighted by atomic mass is 35.5. The van der Waals surface area contributed by atoms with Crippen molar-refractivity contribution >= 4 is 35.6 Å². The van der Waals surface area contributed by atoms with Crippen LogP contribution in [0, 0.1) is 0 Å². The Morgan fingerprint density at radius 1 is 0.844 bits per heavy atom. The van der Waals surface area contributed by atoms with Crippen molar-refractivity contribution in [2.45, 2.75) is 27.2 Å². The van der Waals surface area contributed by atoms with Crippen LogP contribution >= 0.6 is 11.6 Å². The van der Waals surface area contributed by atoms with Crippen molar-refractivity contribution in [3.63, 3.8) is 0 Å². The van der Waals surface area contributed by atoms with E-state index in [-0.39, 0.29) is 48.5 Å². The lowest BCUT2D eigenvalue weighted by atomic mass is 10.1. The van der Waals surface area contributed by atoms with Crippen LogP contribution in [0.2, 0.25) is 5.02 Å². The number of carbonyl (C=O) groups excluding carboxylic acids is 3. The molecule has 0 bridgehead atoms. The Hall–Kier alpha value is -3.53. The molecule has 0 amide bonds. The van der Waals surface area contributed by atoms with Crippen LogP contribution in [-0.4, -0.2) is 49.0 Å². The second-order valence-electron chi connectivity index (χ2n) is 6.06. The first-order valence-electron chi connectivity index (χ1n) is 9.67. The highest BCUT2D eigenvalue weighted by molar-refractivity contribution is 6.37. The van der Waals surface area contributed by atoms with Crippen LogP contribution in [0.3, 0.4) is 0 Å². The Balaban J connectivity index is 2.51. The Labute approximate surface area is 188 Å². The zero-order valence-corrected chi connectivity index (χ0v) is 18.4. The molecule has 0 radical (unpaired) electrons. The Bertz CT molecular complexity index is 932. The second kappa shape index (κ2) is 11.8. The maximum Gasteiger partial charge on any atom is 0.513 e. The van der Waals surface area contributed by atoms with Crippen LogP contribution in [0.15, 0.2) is 29.4 Å². The fourth-order valence-electron chi connectivity index (χ4n) is 2.69. The van der Waals surface area contributed by atoms with Gasteiger partial charge in [0, 0.05) is 17.5 Å². The van der Waals surface area contributed by atoms with E-state index in [1.807, 2.05) is 0 Å². The molecule has 0 aliphatic heterocycles. The molecule has 2 aliphatic rings. The molecule has 0 atom stereocenters. The number of halogens is 1. The van der Waals surface area contributed by atoms with Crippen LogP contribution < -0.4 is 9.47 Å². The molecular formula is C21H22ClNO9. The SMILES string of the molecule is CCOC(=O)Oc1c2ccc(CC(=NO)C(=O)OCC)ccc-2c(OC(=O)OCC)c1Cl. The standard InChI is InChI=1S/C21H22ClNO9/c1-4-28-19(24)15(23-27)11-12-7-9-13-14(10-8-12)18(32-21(26)30-6-3)16(22)17(13)31-20(25)29-5-2/h7-10,27H,4-6,11H2,1-3H3. The zero-order chi connectivity index (χ0) is 23.7. The number of hydrogen-bond donors (Lipinski definition) is 1. The molecule has 0 fully saturated rings. The van der Waals surface area contributed by atoms with Crippen molar-refractivity contribution in [3.05, 3.63) is 34.9 Å². The molecule has 0 aromatic heterocycles. The largest absolute Gasteiger partial charge is 0.513 e. The van der Waals surface area contributed by atoms with Gasteiger partial charge in [-0.2, -0.15) is 0 Å². The summed E-state index contributed by atoms with van der Waals surface area (Å²) in [4.78, 5) is 35.6. The van der Waals surface area contributed by atoms with Crippen molar-refractivity contribution in [2.24, 2.45) is 5.16 Å². The first-order chi connectivity index (χ1) is 15.4. The quantitative estimate of drug-likeness (QED) is 0.196. The first-order valence-corrected chi connectivity index (χ1v) is 10.0. The Morgan fingerprint density at radius 3 is 1.72 bits per heavy atom. The number of hydrogen-bond acceptors (Lipinski definition) is 10. The zero-order valence-electron chi connectivity index (χ0n) is 17.7. The van der Waals surface area contributed by atoms with Gasteiger partial charge in [0.05, 0.1) is 19.8 Å². The minimum atomic E-state index is -0.993. The summed E-state index contributed by atoms with van der Waals surface area (Å²) >= 11 is 6.33. The summed E-state index contributed by atoms with van der Waals surface area (Å²) in [6, 6.07) is 6.27. The topological polar surface area (TPSA) is 130 Å². The highest BCUT2D eigenvalue weighted by Gasteiger charge is 2.29. The highest BCUT2D eigenvalue weighted by Crippen LogP contribution is 2.51. The van der Waals surface area contributed by atoms with Gasteiger partial charge < -0.3 is 28.9 Å². The molecule has 0 saturated carbocycles. The molecule has 2 rings (SSSR count). The van der Waals surface area contributed by atoms with Crippen LogP contribution in [0.25, 0.3) is 11.1 Å². The van der Waals surface area contributed by atoms with Gasteiger partial charge in [-0.15, -0.1) is 0 Å². The van der Waals surface area contributed by atoms with E-state index in [0.29, 0.717) is 16.7 Å². The van der Waals surface area contributed by atoms with E-state index in [9.17, 15) is 14.4 Å². The van der Waals surface area contributed by atoms with Crippen molar-refractivity contribution < 1.29 is 43.3 Å². The molecule has 0 heterocycles. The van der Waals surface area contributed by atoms with E-state index < -0.39 is 18.3 Å². The normalized spacial score (nSPS) is 11.1. The molecule has 0 aromatic carbocycles. The maximum absolute atomic E-state index is 11.9. The van der Waals surface area contributed by atoms with Gasteiger partial charge in [0.1, 0.15) is 5.02 Å². The third kappa shape index (κ3) is 6.01. The molecule has 172 valence electrons. The number of carbonyl (C=O) groups is 3. The second-order valence-corrected chi connectivity index (χ2v) is 6.43. The summed E-state index contributed by atoms with van der Waals surface area (Å²) < 4.78 is 24.9. The molecule has 1 N–H and O–H groups in total. The lowest BCUT2D eigenvalue weighted by molar-refractivity contribution is -0.135. The van der Waals surface area contributed by atoms with E-state index in [4.69, 9.17) is 40.5 Å². The smallest absolute Gasteiger partial charge is 0.461 e. The number of oxime groups is 1. The van der Waals surface area contributed by atoms with Gasteiger partial charge in [-0.25, -0.2) is 14.4 Å². The molecular weight excluding hydrogens is 446 g/mol. The summed E-state index contributed by atoms with van der Waals surface area (Å²) in [5.41, 5.74) is 0.989. The maximum atomic E-state index is 11.9. The van der Waals surface area contributed by atoms with Gasteiger partial charge in [0.15, 0.2) is 17.2 Å². The van der Waals surface area contributed by atoms with Crippen LogP contribution in [0.1, 0.15) is 26.3 Å². The first kappa shape index (κ1) is 24.7. The summed E-state index contributed by atoms with van der Waals surface area (Å²) in [5.74, 6) is -0.924. The van der Waals surface area contributed by atoms with Crippen molar-refractivity contribution in [3.8, 4) is 22.6 Å². The minimum Gasteiger partial charge on any atom is -0.461 e. The number of ether oxygens (including phenoxy) is 5. The molecule has 10 nitrogen and oxygen atoms in total. The fourth-order valence-corrected chi connectivity index (χ4v) is 2.97. The van der Waals surface area contributed by atoms with Crippen LogP contribution in [-0.2, 0) is 25.4 Å². The molecule has 32 heavy (non-hydrogen) atoms. The van der Waals surface area contributed by atoms with Gasteiger partial charge in [-0.05, 0) is 26.3 Å². The third-order valence-electron chi connectivity index (χ3n) is 4.00. The number of fused-ring (bicyclic) bond motifs is 1. The van der Waals surface area contributed by atoms with Crippen molar-refractivity contribution in [2.75, 3.05) is 19.8 Å². The van der Waals surface area contributed by atoms with Crippen LogP contribution in [0.5, 0.6) is 11.5 Å². The Morgan fingerprint density at radius 2 is 1.31 bits per heavy atom. The average Bonchev–Trinajstić information content (AvgIpc) is 2.88. The average molecular weight is 468 g/mol. The number of esters is 1.